The van der Waals surface area contributed by atoms with E-state index in [2.05, 4.69) is 10.5 Å². The van der Waals surface area contributed by atoms with Crippen LogP contribution in [0.1, 0.15) is 31.8 Å². The normalized spacial score (nSPS) is 10.1. The summed E-state index contributed by atoms with van der Waals surface area (Å²) >= 11 is 0. The maximum Gasteiger partial charge on any atom is 0.274 e. The molecule has 23 heavy (non-hydrogen) atoms. The number of hydrazone groups is 1. The largest absolute Gasteiger partial charge is 0.288 e. The van der Waals surface area contributed by atoms with Crippen LogP contribution in [0.3, 0.4) is 0 Å². The van der Waals surface area contributed by atoms with Gasteiger partial charge in [0, 0.05) is 11.1 Å². The van der Waals surface area contributed by atoms with Gasteiger partial charge in [-0.1, -0.05) is 18.2 Å². The molecule has 114 valence electrons. The molecule has 0 radical (unpaired) electrons. The van der Waals surface area contributed by atoms with Crippen LogP contribution in [-0.2, 0) is 0 Å². The molecule has 0 aliphatic rings. The molecule has 0 fully saturated rings. The van der Waals surface area contributed by atoms with Crippen molar-refractivity contribution < 1.29 is 14.8 Å². The van der Waals surface area contributed by atoms with Crippen molar-refractivity contribution in [3.8, 4) is 6.07 Å². The number of hydroxylamine groups is 1. The van der Waals surface area contributed by atoms with Crippen molar-refractivity contribution in [1.82, 2.24) is 10.9 Å². The van der Waals surface area contributed by atoms with E-state index in [1.54, 1.807) is 24.3 Å². The predicted octanol–water partition coefficient (Wildman–Crippen LogP) is 1.44. The number of amides is 2. The first-order chi connectivity index (χ1) is 11.1. The Morgan fingerprint density at radius 3 is 2.35 bits per heavy atom. The van der Waals surface area contributed by atoms with Crippen molar-refractivity contribution in [3.63, 3.8) is 0 Å². The maximum atomic E-state index is 11.9. The highest BCUT2D eigenvalue weighted by Gasteiger charge is 2.09. The summed E-state index contributed by atoms with van der Waals surface area (Å²) in [6.07, 6.45) is 1.43. The third-order valence-corrected chi connectivity index (χ3v) is 2.91. The molecule has 7 heteroatoms. The Bertz CT molecular complexity index is 792. The first kappa shape index (κ1) is 15.9. The van der Waals surface area contributed by atoms with Gasteiger partial charge < -0.3 is 0 Å². The monoisotopic (exact) mass is 308 g/mol. The molecule has 0 unspecified atom stereocenters. The Balaban J connectivity index is 2.03. The van der Waals surface area contributed by atoms with Gasteiger partial charge in [-0.3, -0.25) is 14.8 Å². The highest BCUT2D eigenvalue weighted by Crippen LogP contribution is 2.05. The number of carbonyl (C=O) groups is 2. The van der Waals surface area contributed by atoms with Crippen LogP contribution in [0.25, 0.3) is 0 Å². The van der Waals surface area contributed by atoms with Crippen LogP contribution < -0.4 is 10.9 Å². The smallest absolute Gasteiger partial charge is 0.274 e. The molecule has 2 aromatic rings. The zero-order valence-corrected chi connectivity index (χ0v) is 11.9. The number of hydrogen-bond donors (Lipinski definition) is 3. The molecule has 0 spiro atoms. The number of nitrogens with zero attached hydrogens (tertiary/aromatic N) is 2. The fourth-order valence-electron chi connectivity index (χ4n) is 1.74. The van der Waals surface area contributed by atoms with Crippen LogP contribution in [0.5, 0.6) is 0 Å². The maximum absolute atomic E-state index is 11.9. The molecule has 3 N–H and O–H groups in total. The predicted molar refractivity (Wildman–Crippen MR) is 81.9 cm³/mol. The fraction of sp³-hybridized carbons (Fsp3) is 0. The Labute approximate surface area is 131 Å². The van der Waals surface area contributed by atoms with Crippen molar-refractivity contribution in [2.45, 2.75) is 0 Å². The number of benzene rings is 2. The molecule has 0 saturated carbocycles. The zero-order valence-electron chi connectivity index (χ0n) is 11.9. The van der Waals surface area contributed by atoms with Gasteiger partial charge in [0.2, 0.25) is 0 Å². The average Bonchev–Trinajstić information content (AvgIpc) is 2.61. The minimum atomic E-state index is -0.708. The van der Waals surface area contributed by atoms with E-state index in [0.29, 0.717) is 5.56 Å². The van der Waals surface area contributed by atoms with Crippen LogP contribution >= 0.6 is 0 Å². The molecule has 2 rings (SSSR count). The molecule has 2 amide bonds. The van der Waals surface area contributed by atoms with Gasteiger partial charge >= 0.3 is 0 Å². The number of rotatable bonds is 4. The van der Waals surface area contributed by atoms with E-state index < -0.39 is 11.8 Å². The Kier molecular flexibility index (Phi) is 5.17. The SMILES string of the molecule is N#Cc1ccc(/C=N/NC(=O)c2cccc(C(=O)NO)c2)cc1. The molecule has 0 aliphatic carbocycles. The van der Waals surface area contributed by atoms with Gasteiger partial charge in [-0.2, -0.15) is 10.4 Å². The van der Waals surface area contributed by atoms with E-state index in [4.69, 9.17) is 10.5 Å². The van der Waals surface area contributed by atoms with Gasteiger partial charge in [-0.25, -0.2) is 10.9 Å². The molecule has 0 bridgehead atoms. The van der Waals surface area contributed by atoms with E-state index in [1.807, 2.05) is 6.07 Å². The van der Waals surface area contributed by atoms with Crippen LogP contribution in [-0.4, -0.2) is 23.2 Å². The summed E-state index contributed by atoms with van der Waals surface area (Å²) in [5.74, 6) is -1.21. The van der Waals surface area contributed by atoms with Gasteiger partial charge in [0.05, 0.1) is 17.8 Å². The molecular formula is C16H12N4O3. The lowest BCUT2D eigenvalue weighted by atomic mass is 10.1. The summed E-state index contributed by atoms with van der Waals surface area (Å²) < 4.78 is 0. The van der Waals surface area contributed by atoms with Gasteiger partial charge in [-0.15, -0.1) is 0 Å². The number of carbonyl (C=O) groups excluding carboxylic acids is 2. The molecule has 0 saturated heterocycles. The minimum absolute atomic E-state index is 0.149. The third-order valence-electron chi connectivity index (χ3n) is 2.91. The Morgan fingerprint density at radius 1 is 1.09 bits per heavy atom. The molecule has 2 aromatic carbocycles. The van der Waals surface area contributed by atoms with Crippen molar-refractivity contribution in [2.24, 2.45) is 5.10 Å². The number of hydrogen-bond acceptors (Lipinski definition) is 5. The summed E-state index contributed by atoms with van der Waals surface area (Å²) in [7, 11) is 0. The summed E-state index contributed by atoms with van der Waals surface area (Å²) in [6.45, 7) is 0. The summed E-state index contributed by atoms with van der Waals surface area (Å²) in [5.41, 5.74) is 5.46. The minimum Gasteiger partial charge on any atom is -0.288 e. The third kappa shape index (κ3) is 4.23. The topological polar surface area (TPSA) is 115 Å². The average molecular weight is 308 g/mol. The second-order valence-electron chi connectivity index (χ2n) is 4.45. The van der Waals surface area contributed by atoms with E-state index in [1.165, 1.54) is 36.0 Å². The molecular weight excluding hydrogens is 296 g/mol. The first-order valence-corrected chi connectivity index (χ1v) is 6.52. The second kappa shape index (κ2) is 7.49. The van der Waals surface area contributed by atoms with E-state index >= 15 is 0 Å². The van der Waals surface area contributed by atoms with E-state index in [9.17, 15) is 9.59 Å². The van der Waals surface area contributed by atoms with Gasteiger partial charge in [0.1, 0.15) is 0 Å². The highest BCUT2D eigenvalue weighted by atomic mass is 16.5. The van der Waals surface area contributed by atoms with Crippen molar-refractivity contribution in [3.05, 3.63) is 70.8 Å². The standard InChI is InChI=1S/C16H12N4O3/c17-9-11-4-6-12(7-5-11)10-18-19-15(21)13-2-1-3-14(8-13)16(22)20-23/h1-8,10,23H,(H,19,21)(H,20,22)/b18-10+. The summed E-state index contributed by atoms with van der Waals surface area (Å²) in [6, 6.07) is 14.5. The lowest BCUT2D eigenvalue weighted by molar-refractivity contribution is 0.0706. The Hall–Kier alpha value is -3.50. The van der Waals surface area contributed by atoms with Crippen LogP contribution in [0, 0.1) is 11.3 Å². The molecule has 7 nitrogen and oxygen atoms in total. The lowest BCUT2D eigenvalue weighted by Gasteiger charge is -2.02. The number of nitriles is 1. The van der Waals surface area contributed by atoms with Crippen molar-refractivity contribution in [2.75, 3.05) is 0 Å². The first-order valence-electron chi connectivity index (χ1n) is 6.52. The molecule has 0 aliphatic heterocycles. The second-order valence-corrected chi connectivity index (χ2v) is 4.45. The van der Waals surface area contributed by atoms with Gasteiger partial charge in [-0.05, 0) is 35.9 Å². The highest BCUT2D eigenvalue weighted by molar-refractivity contribution is 5.99. The van der Waals surface area contributed by atoms with Gasteiger partial charge in [0.15, 0.2) is 0 Å². The van der Waals surface area contributed by atoms with Crippen LogP contribution in [0.2, 0.25) is 0 Å². The van der Waals surface area contributed by atoms with Crippen molar-refractivity contribution >= 4 is 18.0 Å². The Morgan fingerprint density at radius 2 is 1.74 bits per heavy atom. The summed E-state index contributed by atoms with van der Waals surface area (Å²) in [4.78, 5) is 23.2. The van der Waals surface area contributed by atoms with E-state index in [0.717, 1.165) is 5.56 Å². The lowest BCUT2D eigenvalue weighted by Crippen LogP contribution is -2.21. The van der Waals surface area contributed by atoms with Crippen LogP contribution in [0.15, 0.2) is 53.6 Å². The van der Waals surface area contributed by atoms with Crippen molar-refractivity contribution in [1.29, 1.82) is 5.26 Å². The van der Waals surface area contributed by atoms with E-state index in [-0.39, 0.29) is 11.1 Å². The fourth-order valence-corrected chi connectivity index (χ4v) is 1.74. The molecule has 0 aromatic heterocycles. The quantitative estimate of drug-likeness (QED) is 0.450. The van der Waals surface area contributed by atoms with Crippen LogP contribution in [0.4, 0.5) is 0 Å². The number of nitrogens with one attached hydrogen (secondary N) is 2. The summed E-state index contributed by atoms with van der Waals surface area (Å²) in [5, 5.41) is 21.1. The molecule has 0 heterocycles. The van der Waals surface area contributed by atoms with Gasteiger partial charge in [0.25, 0.3) is 11.8 Å². The molecule has 0 atom stereocenters. The zero-order chi connectivity index (χ0) is 16.7.